The average Bonchev–Trinajstić information content (AvgIpc) is 2.29. The van der Waals surface area contributed by atoms with Crippen molar-refractivity contribution in [3.05, 3.63) is 0 Å². The zero-order valence-electron chi connectivity index (χ0n) is 9.93. The summed E-state index contributed by atoms with van der Waals surface area (Å²) < 4.78 is 5.34. The van der Waals surface area contributed by atoms with Gasteiger partial charge in [0.2, 0.25) is 5.91 Å². The molecule has 1 heterocycles. The van der Waals surface area contributed by atoms with E-state index in [-0.39, 0.29) is 24.7 Å². The van der Waals surface area contributed by atoms with Crippen LogP contribution in [0.1, 0.15) is 20.8 Å². The van der Waals surface area contributed by atoms with Crippen LogP contribution < -0.4 is 0 Å². The van der Waals surface area contributed by atoms with Crippen molar-refractivity contribution < 1.29 is 14.6 Å². The van der Waals surface area contributed by atoms with E-state index in [0.29, 0.717) is 13.2 Å². The van der Waals surface area contributed by atoms with Gasteiger partial charge in [0.15, 0.2) is 0 Å². The summed E-state index contributed by atoms with van der Waals surface area (Å²) in [6, 6.07) is 1.94. The molecule has 0 aromatic heterocycles. The Bertz CT molecular complexity index is 309. The number of carbonyl (C=O) groups excluding carboxylic acids is 1. The maximum absolute atomic E-state index is 12.1. The molecule has 0 bridgehead atoms. The van der Waals surface area contributed by atoms with Crippen molar-refractivity contribution >= 4 is 5.91 Å². The molecule has 2 unspecified atom stereocenters. The summed E-state index contributed by atoms with van der Waals surface area (Å²) >= 11 is 0. The van der Waals surface area contributed by atoms with Gasteiger partial charge in [-0.05, 0) is 20.8 Å². The molecule has 1 aliphatic rings. The van der Waals surface area contributed by atoms with E-state index < -0.39 is 5.41 Å². The minimum atomic E-state index is -1.02. The molecule has 0 radical (unpaired) electrons. The molecule has 5 nitrogen and oxygen atoms in total. The monoisotopic (exact) mass is 226 g/mol. The first-order valence-electron chi connectivity index (χ1n) is 5.37. The van der Waals surface area contributed by atoms with Crippen LogP contribution in [0.4, 0.5) is 0 Å². The van der Waals surface area contributed by atoms with Crippen molar-refractivity contribution in [1.82, 2.24) is 4.90 Å². The van der Waals surface area contributed by atoms with Crippen molar-refractivity contribution in [3.8, 4) is 6.07 Å². The van der Waals surface area contributed by atoms with Crippen molar-refractivity contribution in [2.24, 2.45) is 5.41 Å². The SMILES string of the molecule is CC1COC(CO)CN1C(=O)C(C)(C)C#N. The van der Waals surface area contributed by atoms with E-state index in [4.69, 9.17) is 15.1 Å². The van der Waals surface area contributed by atoms with Crippen LogP contribution in [0.3, 0.4) is 0 Å². The Kier molecular flexibility index (Phi) is 3.89. The van der Waals surface area contributed by atoms with E-state index in [9.17, 15) is 4.79 Å². The van der Waals surface area contributed by atoms with Gasteiger partial charge in [-0.3, -0.25) is 4.79 Å². The van der Waals surface area contributed by atoms with Crippen LogP contribution in [0.2, 0.25) is 0 Å². The fraction of sp³-hybridized carbons (Fsp3) is 0.818. The van der Waals surface area contributed by atoms with Gasteiger partial charge >= 0.3 is 0 Å². The van der Waals surface area contributed by atoms with Crippen molar-refractivity contribution in [2.45, 2.75) is 32.9 Å². The predicted molar refractivity (Wildman–Crippen MR) is 57.4 cm³/mol. The van der Waals surface area contributed by atoms with Crippen molar-refractivity contribution in [3.63, 3.8) is 0 Å². The number of hydrogen-bond acceptors (Lipinski definition) is 4. The third kappa shape index (κ3) is 2.52. The van der Waals surface area contributed by atoms with Crippen LogP contribution in [0.15, 0.2) is 0 Å². The highest BCUT2D eigenvalue weighted by molar-refractivity contribution is 5.85. The number of nitriles is 1. The maximum atomic E-state index is 12.1. The van der Waals surface area contributed by atoms with Gasteiger partial charge in [0.1, 0.15) is 5.41 Å². The molecule has 1 amide bonds. The van der Waals surface area contributed by atoms with Crippen LogP contribution in [0.5, 0.6) is 0 Å². The van der Waals surface area contributed by atoms with Crippen LogP contribution in [-0.2, 0) is 9.53 Å². The molecule has 1 aliphatic heterocycles. The molecule has 5 heteroatoms. The Balaban J connectivity index is 2.78. The normalized spacial score (nSPS) is 26.3. The number of carbonyl (C=O) groups is 1. The third-order valence-corrected chi connectivity index (χ3v) is 2.78. The quantitative estimate of drug-likeness (QED) is 0.727. The zero-order valence-corrected chi connectivity index (χ0v) is 9.93. The van der Waals surface area contributed by atoms with Crippen molar-refractivity contribution in [1.29, 1.82) is 5.26 Å². The molecule has 0 aromatic carbocycles. The summed E-state index contributed by atoms with van der Waals surface area (Å²) in [6.07, 6.45) is -0.338. The molecule has 0 saturated carbocycles. The van der Waals surface area contributed by atoms with Gasteiger partial charge in [-0.1, -0.05) is 0 Å². The van der Waals surface area contributed by atoms with Gasteiger partial charge in [0, 0.05) is 6.54 Å². The minimum absolute atomic E-state index is 0.0528. The Morgan fingerprint density at radius 3 is 2.81 bits per heavy atom. The summed E-state index contributed by atoms with van der Waals surface area (Å²) in [5.41, 5.74) is -1.02. The van der Waals surface area contributed by atoms with Gasteiger partial charge in [-0.25, -0.2) is 0 Å². The van der Waals surface area contributed by atoms with Crippen LogP contribution in [-0.4, -0.2) is 47.8 Å². The van der Waals surface area contributed by atoms with Gasteiger partial charge in [0.05, 0.1) is 31.4 Å². The molecule has 16 heavy (non-hydrogen) atoms. The number of hydrogen-bond donors (Lipinski definition) is 1. The lowest BCUT2D eigenvalue weighted by Gasteiger charge is -2.39. The summed E-state index contributed by atoms with van der Waals surface area (Å²) in [5.74, 6) is -0.204. The first-order valence-corrected chi connectivity index (χ1v) is 5.37. The van der Waals surface area contributed by atoms with Crippen molar-refractivity contribution in [2.75, 3.05) is 19.8 Å². The van der Waals surface area contributed by atoms with Gasteiger partial charge < -0.3 is 14.7 Å². The van der Waals surface area contributed by atoms with Crippen LogP contribution >= 0.6 is 0 Å². The fourth-order valence-corrected chi connectivity index (χ4v) is 1.62. The van der Waals surface area contributed by atoms with Gasteiger partial charge in [-0.15, -0.1) is 0 Å². The standard InChI is InChI=1S/C11H18N2O3/c1-8-6-16-9(5-14)4-13(8)10(15)11(2,3)7-12/h8-9,14H,4-6H2,1-3H3. The second kappa shape index (κ2) is 4.81. The summed E-state index contributed by atoms with van der Waals surface area (Å²) in [4.78, 5) is 13.7. The van der Waals surface area contributed by atoms with E-state index in [2.05, 4.69) is 0 Å². The molecule has 2 atom stereocenters. The Morgan fingerprint density at radius 1 is 1.69 bits per heavy atom. The smallest absolute Gasteiger partial charge is 0.242 e. The van der Waals surface area contributed by atoms with E-state index >= 15 is 0 Å². The second-order valence-electron chi connectivity index (χ2n) is 4.68. The highest BCUT2D eigenvalue weighted by Crippen LogP contribution is 2.22. The second-order valence-corrected chi connectivity index (χ2v) is 4.68. The highest BCUT2D eigenvalue weighted by Gasteiger charge is 2.37. The number of rotatable bonds is 2. The predicted octanol–water partition coefficient (Wildman–Crippen LogP) is 0.144. The molecule has 1 N–H and O–H groups in total. The molecule has 0 aromatic rings. The first kappa shape index (κ1) is 12.9. The Morgan fingerprint density at radius 2 is 2.31 bits per heavy atom. The largest absolute Gasteiger partial charge is 0.394 e. The Labute approximate surface area is 95.6 Å². The summed E-state index contributed by atoms with van der Waals surface area (Å²) in [7, 11) is 0. The van der Waals surface area contributed by atoms with Crippen LogP contribution in [0, 0.1) is 16.7 Å². The summed E-state index contributed by atoms with van der Waals surface area (Å²) in [5, 5.41) is 17.9. The minimum Gasteiger partial charge on any atom is -0.394 e. The number of amides is 1. The van der Waals surface area contributed by atoms with E-state index in [1.165, 1.54) is 0 Å². The Hall–Kier alpha value is -1.12. The molecule has 1 fully saturated rings. The number of ether oxygens (including phenoxy) is 1. The number of aliphatic hydroxyl groups is 1. The van der Waals surface area contributed by atoms with E-state index in [1.807, 2.05) is 13.0 Å². The molecule has 90 valence electrons. The van der Waals surface area contributed by atoms with Crippen LogP contribution in [0.25, 0.3) is 0 Å². The van der Waals surface area contributed by atoms with E-state index in [1.54, 1.807) is 18.7 Å². The number of aliphatic hydroxyl groups excluding tert-OH is 1. The average molecular weight is 226 g/mol. The highest BCUT2D eigenvalue weighted by atomic mass is 16.5. The zero-order chi connectivity index (χ0) is 12.3. The molecule has 0 spiro atoms. The molecule has 1 saturated heterocycles. The van der Waals surface area contributed by atoms with Gasteiger partial charge in [-0.2, -0.15) is 5.26 Å². The lowest BCUT2D eigenvalue weighted by Crippen LogP contribution is -2.55. The first-order chi connectivity index (χ1) is 7.42. The third-order valence-electron chi connectivity index (χ3n) is 2.78. The maximum Gasteiger partial charge on any atom is 0.242 e. The lowest BCUT2D eigenvalue weighted by atomic mass is 9.92. The summed E-state index contributed by atoms with van der Waals surface area (Å²) in [6.45, 7) is 5.72. The number of nitrogens with zero attached hydrogens (tertiary/aromatic N) is 2. The van der Waals surface area contributed by atoms with E-state index in [0.717, 1.165) is 0 Å². The lowest BCUT2D eigenvalue weighted by molar-refractivity contribution is -0.152. The molecule has 0 aliphatic carbocycles. The molecular formula is C11H18N2O3. The topological polar surface area (TPSA) is 73.6 Å². The number of morpholine rings is 1. The van der Waals surface area contributed by atoms with Gasteiger partial charge in [0.25, 0.3) is 0 Å². The molecule has 1 rings (SSSR count). The molecular weight excluding hydrogens is 208 g/mol. The fourth-order valence-electron chi connectivity index (χ4n) is 1.62.